The summed E-state index contributed by atoms with van der Waals surface area (Å²) < 4.78 is 0. The van der Waals surface area contributed by atoms with E-state index in [1.807, 2.05) is 32.3 Å². The van der Waals surface area contributed by atoms with Gasteiger partial charge in [-0.2, -0.15) is 10.5 Å². The second kappa shape index (κ2) is 4.15. The minimum atomic E-state index is 0.718. The summed E-state index contributed by atoms with van der Waals surface area (Å²) >= 11 is 0. The van der Waals surface area contributed by atoms with E-state index in [2.05, 4.69) is 10.6 Å². The van der Waals surface area contributed by atoms with Crippen molar-refractivity contribution in [2.75, 3.05) is 10.6 Å². The first-order chi connectivity index (χ1) is 6.69. The van der Waals surface area contributed by atoms with E-state index in [-0.39, 0.29) is 0 Å². The lowest BCUT2D eigenvalue weighted by atomic mass is 10.1. The molecule has 0 bridgehead atoms. The first-order valence-electron chi connectivity index (χ1n) is 4.10. The molecule has 0 aliphatic rings. The normalized spacial score (nSPS) is 8.57. The Morgan fingerprint density at radius 3 is 1.71 bits per heavy atom. The molecule has 0 radical (unpaired) electrons. The number of rotatable bonds is 2. The van der Waals surface area contributed by atoms with Gasteiger partial charge in [-0.3, -0.25) is 10.6 Å². The fourth-order valence-corrected chi connectivity index (χ4v) is 1.24. The highest BCUT2D eigenvalue weighted by atomic mass is 14.9. The second-order valence-corrected chi connectivity index (χ2v) is 2.96. The van der Waals surface area contributed by atoms with E-state index in [0.717, 1.165) is 22.5 Å². The topological polar surface area (TPSA) is 71.6 Å². The summed E-state index contributed by atoms with van der Waals surface area (Å²) in [4.78, 5) is 0. The smallest absolute Gasteiger partial charge is 0.181 e. The van der Waals surface area contributed by atoms with E-state index in [9.17, 15) is 0 Å². The molecule has 4 heteroatoms. The molecule has 0 unspecified atom stereocenters. The lowest BCUT2D eigenvalue weighted by Gasteiger charge is -2.08. The maximum Gasteiger partial charge on any atom is 0.181 e. The van der Waals surface area contributed by atoms with Crippen molar-refractivity contribution in [3.8, 4) is 12.4 Å². The Bertz CT molecular complexity index is 386. The van der Waals surface area contributed by atoms with Crippen molar-refractivity contribution in [3.63, 3.8) is 0 Å². The highest BCUT2D eigenvalue weighted by Crippen LogP contribution is 2.23. The summed E-state index contributed by atoms with van der Waals surface area (Å²) in [5.41, 5.74) is 3.40. The van der Waals surface area contributed by atoms with Gasteiger partial charge in [0, 0.05) is 0 Å². The van der Waals surface area contributed by atoms with Crippen LogP contribution < -0.4 is 10.6 Å². The van der Waals surface area contributed by atoms with E-state index in [1.54, 1.807) is 6.07 Å². The number of nitriles is 2. The molecule has 0 aromatic heterocycles. The summed E-state index contributed by atoms with van der Waals surface area (Å²) in [7, 11) is 0. The fourth-order valence-electron chi connectivity index (χ4n) is 1.24. The van der Waals surface area contributed by atoms with Gasteiger partial charge in [0.1, 0.15) is 0 Å². The van der Waals surface area contributed by atoms with Gasteiger partial charge in [-0.05, 0) is 31.0 Å². The van der Waals surface area contributed by atoms with Crippen LogP contribution >= 0.6 is 0 Å². The molecule has 0 aliphatic carbocycles. The van der Waals surface area contributed by atoms with Crippen molar-refractivity contribution in [1.29, 1.82) is 10.5 Å². The van der Waals surface area contributed by atoms with Gasteiger partial charge in [-0.25, -0.2) is 0 Å². The summed E-state index contributed by atoms with van der Waals surface area (Å²) in [6, 6.07) is 3.66. The summed E-state index contributed by atoms with van der Waals surface area (Å²) in [6.07, 6.45) is 3.71. The second-order valence-electron chi connectivity index (χ2n) is 2.96. The van der Waals surface area contributed by atoms with E-state index in [4.69, 9.17) is 10.5 Å². The molecule has 0 atom stereocenters. The zero-order valence-corrected chi connectivity index (χ0v) is 8.05. The van der Waals surface area contributed by atoms with Crippen LogP contribution in [-0.2, 0) is 0 Å². The standard InChI is InChI=1S/C10H10N4/c1-7-3-8(2)10(14-6-12)4-9(7)13-5-11/h3-4,13-14H,1-2H3. The molecule has 0 heterocycles. The lowest BCUT2D eigenvalue weighted by molar-refractivity contribution is 1.35. The summed E-state index contributed by atoms with van der Waals surface area (Å²) in [6.45, 7) is 3.81. The highest BCUT2D eigenvalue weighted by molar-refractivity contribution is 5.67. The zero-order chi connectivity index (χ0) is 10.6. The van der Waals surface area contributed by atoms with Gasteiger partial charge in [0.25, 0.3) is 0 Å². The fraction of sp³-hybridized carbons (Fsp3) is 0.200. The molecule has 1 rings (SSSR count). The van der Waals surface area contributed by atoms with Crippen LogP contribution in [0.1, 0.15) is 11.1 Å². The van der Waals surface area contributed by atoms with E-state index < -0.39 is 0 Å². The molecule has 0 saturated heterocycles. The Morgan fingerprint density at radius 1 is 0.929 bits per heavy atom. The maximum atomic E-state index is 8.49. The van der Waals surface area contributed by atoms with Crippen molar-refractivity contribution >= 4 is 11.4 Å². The number of nitrogens with one attached hydrogen (secondary N) is 2. The predicted octanol–water partition coefficient (Wildman–Crippen LogP) is 2.09. The maximum absolute atomic E-state index is 8.49. The Labute approximate surface area is 82.8 Å². The van der Waals surface area contributed by atoms with Crippen LogP contribution in [0.15, 0.2) is 12.1 Å². The van der Waals surface area contributed by atoms with E-state index in [1.165, 1.54) is 0 Å². The largest absolute Gasteiger partial charge is 0.292 e. The van der Waals surface area contributed by atoms with Crippen LogP contribution in [0.25, 0.3) is 0 Å². The van der Waals surface area contributed by atoms with Crippen LogP contribution in [0.3, 0.4) is 0 Å². The summed E-state index contributed by atoms with van der Waals surface area (Å²) in [5, 5.41) is 22.1. The van der Waals surface area contributed by atoms with Crippen LogP contribution in [0.2, 0.25) is 0 Å². The third kappa shape index (κ3) is 1.94. The third-order valence-corrected chi connectivity index (χ3v) is 1.95. The minimum absolute atomic E-state index is 0.718. The Morgan fingerprint density at radius 2 is 1.36 bits per heavy atom. The van der Waals surface area contributed by atoms with Crippen LogP contribution in [0.5, 0.6) is 0 Å². The van der Waals surface area contributed by atoms with Crippen molar-refractivity contribution in [2.24, 2.45) is 0 Å². The minimum Gasteiger partial charge on any atom is -0.292 e. The Hall–Kier alpha value is -2.20. The molecule has 4 nitrogen and oxygen atoms in total. The Kier molecular flexibility index (Phi) is 2.93. The SMILES string of the molecule is Cc1cc(C)c(NC#N)cc1NC#N. The predicted molar refractivity (Wildman–Crippen MR) is 54.4 cm³/mol. The number of benzene rings is 1. The summed E-state index contributed by atoms with van der Waals surface area (Å²) in [5.74, 6) is 0. The molecule has 1 aromatic rings. The molecule has 0 fully saturated rings. The average molecular weight is 186 g/mol. The van der Waals surface area contributed by atoms with Crippen LogP contribution in [0, 0.1) is 36.8 Å². The van der Waals surface area contributed by atoms with Gasteiger partial charge >= 0.3 is 0 Å². The highest BCUT2D eigenvalue weighted by Gasteiger charge is 2.03. The number of aryl methyl sites for hydroxylation is 2. The molecule has 14 heavy (non-hydrogen) atoms. The molecular weight excluding hydrogens is 176 g/mol. The average Bonchev–Trinajstić information content (AvgIpc) is 2.14. The molecule has 0 saturated carbocycles. The molecule has 1 aromatic carbocycles. The molecular formula is C10H10N4. The quantitative estimate of drug-likeness (QED) is 0.548. The first kappa shape index (κ1) is 9.88. The number of hydrogen-bond acceptors (Lipinski definition) is 4. The first-order valence-corrected chi connectivity index (χ1v) is 4.10. The number of hydrogen-bond donors (Lipinski definition) is 2. The Balaban J connectivity index is 3.16. The van der Waals surface area contributed by atoms with E-state index in [0.29, 0.717) is 0 Å². The van der Waals surface area contributed by atoms with Crippen molar-refractivity contribution in [1.82, 2.24) is 0 Å². The van der Waals surface area contributed by atoms with Crippen LogP contribution in [-0.4, -0.2) is 0 Å². The monoisotopic (exact) mass is 186 g/mol. The van der Waals surface area contributed by atoms with Crippen molar-refractivity contribution in [2.45, 2.75) is 13.8 Å². The van der Waals surface area contributed by atoms with Gasteiger partial charge in [-0.1, -0.05) is 6.07 Å². The van der Waals surface area contributed by atoms with Gasteiger partial charge in [0.15, 0.2) is 12.4 Å². The zero-order valence-electron chi connectivity index (χ0n) is 8.05. The molecule has 0 aliphatic heterocycles. The van der Waals surface area contributed by atoms with Gasteiger partial charge in [0.2, 0.25) is 0 Å². The van der Waals surface area contributed by atoms with Crippen molar-refractivity contribution in [3.05, 3.63) is 23.3 Å². The molecule has 0 spiro atoms. The number of nitrogens with zero attached hydrogens (tertiary/aromatic N) is 2. The van der Waals surface area contributed by atoms with Gasteiger partial charge < -0.3 is 0 Å². The van der Waals surface area contributed by atoms with Gasteiger partial charge in [-0.15, -0.1) is 0 Å². The molecule has 2 N–H and O–H groups in total. The third-order valence-electron chi connectivity index (χ3n) is 1.95. The van der Waals surface area contributed by atoms with E-state index >= 15 is 0 Å². The van der Waals surface area contributed by atoms with Crippen molar-refractivity contribution < 1.29 is 0 Å². The number of anilines is 2. The molecule has 0 amide bonds. The van der Waals surface area contributed by atoms with Gasteiger partial charge in [0.05, 0.1) is 11.4 Å². The molecule has 70 valence electrons. The van der Waals surface area contributed by atoms with Crippen LogP contribution in [0.4, 0.5) is 11.4 Å². The lowest BCUT2D eigenvalue weighted by Crippen LogP contribution is -1.96.